The first-order valence-corrected chi connectivity index (χ1v) is 4.66. The van der Waals surface area contributed by atoms with Crippen molar-refractivity contribution in [2.75, 3.05) is 6.61 Å². The van der Waals surface area contributed by atoms with Gasteiger partial charge in [0.05, 0.1) is 5.60 Å². The standard InChI is InChI=1S/C10H18O2/c1-8(11)4-5-9-6-7-12-10(9,2)3/h9H,4-7H2,1-3H3/t9-/m0/s1. The Bertz CT molecular complexity index is 173. The highest BCUT2D eigenvalue weighted by molar-refractivity contribution is 5.75. The quantitative estimate of drug-likeness (QED) is 0.649. The van der Waals surface area contributed by atoms with E-state index in [4.69, 9.17) is 4.74 Å². The van der Waals surface area contributed by atoms with Gasteiger partial charge in [0.1, 0.15) is 5.78 Å². The van der Waals surface area contributed by atoms with Gasteiger partial charge in [0, 0.05) is 13.0 Å². The summed E-state index contributed by atoms with van der Waals surface area (Å²) < 4.78 is 5.57. The summed E-state index contributed by atoms with van der Waals surface area (Å²) in [5.74, 6) is 0.860. The molecule has 0 aliphatic carbocycles. The van der Waals surface area contributed by atoms with Gasteiger partial charge >= 0.3 is 0 Å². The fraction of sp³-hybridized carbons (Fsp3) is 0.900. The second kappa shape index (κ2) is 3.56. The van der Waals surface area contributed by atoms with E-state index < -0.39 is 0 Å². The van der Waals surface area contributed by atoms with E-state index in [0.717, 1.165) is 19.4 Å². The number of ether oxygens (including phenoxy) is 1. The average molecular weight is 170 g/mol. The van der Waals surface area contributed by atoms with Crippen molar-refractivity contribution in [3.63, 3.8) is 0 Å². The van der Waals surface area contributed by atoms with Crippen LogP contribution < -0.4 is 0 Å². The molecule has 1 atom stereocenters. The largest absolute Gasteiger partial charge is 0.375 e. The molecule has 70 valence electrons. The Hall–Kier alpha value is -0.370. The van der Waals surface area contributed by atoms with E-state index in [-0.39, 0.29) is 11.4 Å². The number of hydrogen-bond donors (Lipinski definition) is 0. The molecule has 0 N–H and O–H groups in total. The monoisotopic (exact) mass is 170 g/mol. The van der Waals surface area contributed by atoms with Crippen LogP contribution in [0.25, 0.3) is 0 Å². The van der Waals surface area contributed by atoms with E-state index in [2.05, 4.69) is 13.8 Å². The van der Waals surface area contributed by atoms with Crippen molar-refractivity contribution in [1.82, 2.24) is 0 Å². The van der Waals surface area contributed by atoms with Crippen molar-refractivity contribution in [3.8, 4) is 0 Å². The third kappa shape index (κ3) is 2.31. The van der Waals surface area contributed by atoms with Crippen molar-refractivity contribution in [2.24, 2.45) is 5.92 Å². The number of rotatable bonds is 3. The third-order valence-corrected chi connectivity index (χ3v) is 2.77. The van der Waals surface area contributed by atoms with Crippen molar-refractivity contribution < 1.29 is 9.53 Å². The van der Waals surface area contributed by atoms with Crippen LogP contribution in [0, 0.1) is 5.92 Å². The molecule has 0 unspecified atom stereocenters. The maximum atomic E-state index is 10.8. The zero-order valence-corrected chi connectivity index (χ0v) is 8.22. The minimum absolute atomic E-state index is 0.00451. The molecule has 1 fully saturated rings. The third-order valence-electron chi connectivity index (χ3n) is 2.77. The maximum absolute atomic E-state index is 10.8. The Morgan fingerprint density at radius 1 is 1.58 bits per heavy atom. The topological polar surface area (TPSA) is 26.3 Å². The minimum atomic E-state index is -0.00451. The summed E-state index contributed by atoms with van der Waals surface area (Å²) in [6, 6.07) is 0. The number of Topliss-reactive ketones (excluding diaryl/α,β-unsaturated/α-hetero) is 1. The first-order valence-electron chi connectivity index (χ1n) is 4.66. The Morgan fingerprint density at radius 2 is 2.25 bits per heavy atom. The van der Waals surface area contributed by atoms with Gasteiger partial charge in [0.15, 0.2) is 0 Å². The van der Waals surface area contributed by atoms with Gasteiger partial charge in [-0.3, -0.25) is 0 Å². The lowest BCUT2D eigenvalue weighted by molar-refractivity contribution is -0.117. The van der Waals surface area contributed by atoms with E-state index >= 15 is 0 Å². The molecule has 12 heavy (non-hydrogen) atoms. The lowest BCUT2D eigenvalue weighted by Crippen LogP contribution is -2.27. The summed E-state index contributed by atoms with van der Waals surface area (Å²) in [6.45, 7) is 6.74. The molecule has 1 rings (SSSR count). The normalized spacial score (nSPS) is 27.4. The van der Waals surface area contributed by atoms with E-state index in [0.29, 0.717) is 12.3 Å². The SMILES string of the molecule is CC(=O)CC[C@H]1CCOC1(C)C. The number of carbonyl (C=O) groups is 1. The van der Waals surface area contributed by atoms with E-state index in [1.165, 1.54) is 0 Å². The molecule has 0 aromatic carbocycles. The predicted molar refractivity (Wildman–Crippen MR) is 48.1 cm³/mol. The summed E-state index contributed by atoms with van der Waals surface area (Å²) in [5, 5.41) is 0. The number of carbonyl (C=O) groups excluding carboxylic acids is 1. The van der Waals surface area contributed by atoms with Crippen LogP contribution >= 0.6 is 0 Å². The smallest absolute Gasteiger partial charge is 0.129 e. The van der Waals surface area contributed by atoms with Gasteiger partial charge in [-0.1, -0.05) is 0 Å². The molecule has 0 amide bonds. The summed E-state index contributed by atoms with van der Waals surface area (Å²) in [5.41, 5.74) is -0.00451. The highest BCUT2D eigenvalue weighted by Crippen LogP contribution is 2.34. The van der Waals surface area contributed by atoms with Crippen molar-refractivity contribution in [1.29, 1.82) is 0 Å². The number of ketones is 1. The first kappa shape index (κ1) is 9.72. The van der Waals surface area contributed by atoms with E-state index in [1.54, 1.807) is 6.92 Å². The molecule has 2 heteroatoms. The van der Waals surface area contributed by atoms with Crippen LogP contribution in [0.2, 0.25) is 0 Å². The van der Waals surface area contributed by atoms with E-state index in [1.807, 2.05) is 0 Å². The Labute approximate surface area is 74.3 Å². The summed E-state index contributed by atoms with van der Waals surface area (Å²) in [4.78, 5) is 10.8. The molecule has 0 aromatic heterocycles. The fourth-order valence-corrected chi connectivity index (χ4v) is 1.80. The molecule has 1 aliphatic rings. The Morgan fingerprint density at radius 3 is 2.67 bits per heavy atom. The lowest BCUT2D eigenvalue weighted by atomic mass is 9.86. The minimum Gasteiger partial charge on any atom is -0.375 e. The van der Waals surface area contributed by atoms with Gasteiger partial charge < -0.3 is 9.53 Å². The molecular weight excluding hydrogens is 152 g/mol. The van der Waals surface area contributed by atoms with Crippen LogP contribution in [0.1, 0.15) is 40.0 Å². The van der Waals surface area contributed by atoms with Crippen molar-refractivity contribution in [2.45, 2.75) is 45.6 Å². The van der Waals surface area contributed by atoms with Gasteiger partial charge in [-0.25, -0.2) is 0 Å². The Kier molecular flexibility index (Phi) is 2.89. The molecule has 0 bridgehead atoms. The number of hydrogen-bond acceptors (Lipinski definition) is 2. The molecular formula is C10H18O2. The lowest BCUT2D eigenvalue weighted by Gasteiger charge is -2.25. The highest BCUT2D eigenvalue weighted by atomic mass is 16.5. The van der Waals surface area contributed by atoms with Crippen LogP contribution in [-0.2, 0) is 9.53 Å². The van der Waals surface area contributed by atoms with Gasteiger partial charge in [-0.2, -0.15) is 0 Å². The van der Waals surface area contributed by atoms with Crippen LogP contribution in [0.3, 0.4) is 0 Å². The van der Waals surface area contributed by atoms with Gasteiger partial charge in [-0.05, 0) is 39.5 Å². The van der Waals surface area contributed by atoms with Crippen LogP contribution in [0.15, 0.2) is 0 Å². The summed E-state index contributed by atoms with van der Waals surface area (Å²) in [6.07, 6.45) is 2.81. The molecule has 0 saturated carbocycles. The Balaban J connectivity index is 2.36. The zero-order valence-electron chi connectivity index (χ0n) is 8.22. The van der Waals surface area contributed by atoms with Crippen molar-refractivity contribution in [3.05, 3.63) is 0 Å². The van der Waals surface area contributed by atoms with Gasteiger partial charge in [0.2, 0.25) is 0 Å². The highest BCUT2D eigenvalue weighted by Gasteiger charge is 2.35. The van der Waals surface area contributed by atoms with Gasteiger partial charge in [-0.15, -0.1) is 0 Å². The van der Waals surface area contributed by atoms with Crippen LogP contribution in [-0.4, -0.2) is 18.0 Å². The van der Waals surface area contributed by atoms with E-state index in [9.17, 15) is 4.79 Å². The first-order chi connectivity index (χ1) is 5.52. The molecule has 2 nitrogen and oxygen atoms in total. The van der Waals surface area contributed by atoms with Crippen LogP contribution in [0.4, 0.5) is 0 Å². The summed E-state index contributed by atoms with van der Waals surface area (Å²) in [7, 11) is 0. The molecule has 1 saturated heterocycles. The predicted octanol–water partition coefficient (Wildman–Crippen LogP) is 2.17. The molecule has 0 aromatic rings. The van der Waals surface area contributed by atoms with Crippen LogP contribution in [0.5, 0.6) is 0 Å². The van der Waals surface area contributed by atoms with Crippen molar-refractivity contribution >= 4 is 5.78 Å². The molecule has 0 radical (unpaired) electrons. The average Bonchev–Trinajstić information content (AvgIpc) is 2.25. The second-order valence-corrected chi connectivity index (χ2v) is 4.18. The molecule has 1 aliphatic heterocycles. The van der Waals surface area contributed by atoms with Gasteiger partial charge in [0.25, 0.3) is 0 Å². The molecule has 0 spiro atoms. The summed E-state index contributed by atoms with van der Waals surface area (Å²) >= 11 is 0. The zero-order chi connectivity index (χ0) is 9.19. The molecule has 1 heterocycles. The fourth-order valence-electron chi connectivity index (χ4n) is 1.80. The maximum Gasteiger partial charge on any atom is 0.129 e. The second-order valence-electron chi connectivity index (χ2n) is 4.18.